The van der Waals surface area contributed by atoms with Crippen molar-refractivity contribution in [1.29, 1.82) is 0 Å². The van der Waals surface area contributed by atoms with Crippen LogP contribution >= 0.6 is 0 Å². The van der Waals surface area contributed by atoms with Crippen molar-refractivity contribution in [3.05, 3.63) is 18.6 Å². The standard InChI is InChI=1S/C7H8N4O/c1-5(12)11-7-6(4-10-11)8-2-3-9-7/h2-5,12H,1H3/t5-/m0/s1. The van der Waals surface area contributed by atoms with E-state index in [9.17, 15) is 5.11 Å². The molecule has 2 aromatic heterocycles. The SMILES string of the molecule is C[C@H](O)n1ncc2nccnc21. The van der Waals surface area contributed by atoms with Gasteiger partial charge in [-0.25, -0.2) is 14.6 Å². The van der Waals surface area contributed by atoms with Crippen LogP contribution in [0.25, 0.3) is 11.2 Å². The van der Waals surface area contributed by atoms with Gasteiger partial charge in [-0.3, -0.25) is 0 Å². The topological polar surface area (TPSA) is 63.8 Å². The van der Waals surface area contributed by atoms with E-state index in [-0.39, 0.29) is 0 Å². The quantitative estimate of drug-likeness (QED) is 0.660. The molecule has 0 saturated heterocycles. The second-order valence-corrected chi connectivity index (χ2v) is 2.49. The molecular weight excluding hydrogens is 156 g/mol. The van der Waals surface area contributed by atoms with Crippen LogP contribution in [0.15, 0.2) is 18.6 Å². The number of hydrogen-bond acceptors (Lipinski definition) is 4. The molecule has 0 unspecified atom stereocenters. The fourth-order valence-electron chi connectivity index (χ4n) is 1.05. The lowest BCUT2D eigenvalue weighted by Crippen LogP contribution is -2.05. The van der Waals surface area contributed by atoms with Gasteiger partial charge in [-0.1, -0.05) is 0 Å². The monoisotopic (exact) mass is 164 g/mol. The summed E-state index contributed by atoms with van der Waals surface area (Å²) < 4.78 is 1.42. The van der Waals surface area contributed by atoms with E-state index in [0.717, 1.165) is 0 Å². The van der Waals surface area contributed by atoms with Gasteiger partial charge in [0, 0.05) is 12.4 Å². The molecule has 5 heteroatoms. The predicted molar refractivity (Wildman–Crippen MR) is 42.3 cm³/mol. The zero-order valence-electron chi connectivity index (χ0n) is 6.55. The van der Waals surface area contributed by atoms with Crippen molar-refractivity contribution in [2.24, 2.45) is 0 Å². The van der Waals surface area contributed by atoms with Crippen LogP contribution in [0.5, 0.6) is 0 Å². The Labute approximate surface area is 68.7 Å². The molecular formula is C7H8N4O. The van der Waals surface area contributed by atoms with Crippen molar-refractivity contribution < 1.29 is 5.11 Å². The first-order valence-corrected chi connectivity index (χ1v) is 3.61. The van der Waals surface area contributed by atoms with Gasteiger partial charge in [0.15, 0.2) is 5.65 Å². The summed E-state index contributed by atoms with van der Waals surface area (Å²) in [6, 6.07) is 0. The zero-order valence-corrected chi connectivity index (χ0v) is 6.55. The highest BCUT2D eigenvalue weighted by molar-refractivity contribution is 5.68. The molecule has 0 aliphatic rings. The number of fused-ring (bicyclic) bond motifs is 1. The Balaban J connectivity index is 2.70. The fraction of sp³-hybridized carbons (Fsp3) is 0.286. The number of aliphatic hydroxyl groups excluding tert-OH is 1. The molecule has 1 N–H and O–H groups in total. The van der Waals surface area contributed by atoms with Gasteiger partial charge in [-0.15, -0.1) is 0 Å². The molecule has 0 aliphatic heterocycles. The molecule has 2 rings (SSSR count). The summed E-state index contributed by atoms with van der Waals surface area (Å²) in [5.41, 5.74) is 1.30. The first kappa shape index (κ1) is 7.17. The van der Waals surface area contributed by atoms with Crippen molar-refractivity contribution in [1.82, 2.24) is 19.7 Å². The molecule has 1 atom stereocenters. The van der Waals surface area contributed by atoms with Crippen LogP contribution in [0.2, 0.25) is 0 Å². The molecule has 2 heterocycles. The third-order valence-electron chi connectivity index (χ3n) is 1.58. The molecule has 0 aromatic carbocycles. The van der Waals surface area contributed by atoms with E-state index in [0.29, 0.717) is 11.2 Å². The van der Waals surface area contributed by atoms with E-state index in [1.165, 1.54) is 4.68 Å². The minimum atomic E-state index is -0.667. The summed E-state index contributed by atoms with van der Waals surface area (Å²) in [5, 5.41) is 13.2. The Hall–Kier alpha value is -1.49. The number of hydrogen-bond donors (Lipinski definition) is 1. The van der Waals surface area contributed by atoms with Gasteiger partial charge in [0.1, 0.15) is 11.7 Å². The summed E-state index contributed by atoms with van der Waals surface area (Å²) >= 11 is 0. The van der Waals surface area contributed by atoms with Crippen LogP contribution in [0.4, 0.5) is 0 Å². The number of rotatable bonds is 1. The van der Waals surface area contributed by atoms with Crippen LogP contribution in [0, 0.1) is 0 Å². The van der Waals surface area contributed by atoms with Crippen LogP contribution in [-0.4, -0.2) is 24.9 Å². The summed E-state index contributed by atoms with van der Waals surface area (Å²) in [4.78, 5) is 8.07. The second kappa shape index (κ2) is 2.53. The van der Waals surface area contributed by atoms with E-state index in [1.54, 1.807) is 25.5 Å². The van der Waals surface area contributed by atoms with Crippen LogP contribution < -0.4 is 0 Å². The Morgan fingerprint density at radius 1 is 1.42 bits per heavy atom. The average molecular weight is 164 g/mol. The van der Waals surface area contributed by atoms with Crippen LogP contribution in [0.3, 0.4) is 0 Å². The van der Waals surface area contributed by atoms with E-state index in [2.05, 4.69) is 15.1 Å². The Kier molecular flexibility index (Phi) is 1.51. The number of aromatic nitrogens is 4. The maximum Gasteiger partial charge on any atom is 0.179 e. The number of aliphatic hydroxyl groups is 1. The smallest absolute Gasteiger partial charge is 0.179 e. The Bertz CT molecular complexity index is 395. The minimum absolute atomic E-state index is 0.604. The highest BCUT2D eigenvalue weighted by atomic mass is 16.3. The molecule has 5 nitrogen and oxygen atoms in total. The summed E-state index contributed by atoms with van der Waals surface area (Å²) in [5.74, 6) is 0. The van der Waals surface area contributed by atoms with Crippen molar-refractivity contribution in [3.8, 4) is 0 Å². The molecule has 0 aliphatic carbocycles. The third-order valence-corrected chi connectivity index (χ3v) is 1.58. The van der Waals surface area contributed by atoms with Crippen LogP contribution in [-0.2, 0) is 0 Å². The molecule has 0 saturated carbocycles. The summed E-state index contributed by atoms with van der Waals surface area (Å²) in [6.07, 6.45) is 4.08. The molecule has 2 aromatic rings. The molecule has 0 bridgehead atoms. The largest absolute Gasteiger partial charge is 0.372 e. The van der Waals surface area contributed by atoms with Gasteiger partial charge in [0.2, 0.25) is 0 Å². The first-order chi connectivity index (χ1) is 5.79. The molecule has 62 valence electrons. The predicted octanol–water partition coefficient (Wildman–Crippen LogP) is 0.337. The first-order valence-electron chi connectivity index (χ1n) is 3.61. The molecule has 12 heavy (non-hydrogen) atoms. The molecule has 0 fully saturated rings. The second-order valence-electron chi connectivity index (χ2n) is 2.49. The summed E-state index contributed by atoms with van der Waals surface area (Å²) in [6.45, 7) is 1.63. The lowest BCUT2D eigenvalue weighted by atomic mass is 10.5. The maximum atomic E-state index is 9.24. The fourth-order valence-corrected chi connectivity index (χ4v) is 1.05. The maximum absolute atomic E-state index is 9.24. The minimum Gasteiger partial charge on any atom is -0.372 e. The highest BCUT2D eigenvalue weighted by Crippen LogP contribution is 2.10. The van der Waals surface area contributed by atoms with Crippen molar-refractivity contribution in [2.75, 3.05) is 0 Å². The molecule has 0 amide bonds. The van der Waals surface area contributed by atoms with Gasteiger partial charge in [0.05, 0.1) is 6.20 Å². The lowest BCUT2D eigenvalue weighted by Gasteiger charge is -2.03. The average Bonchev–Trinajstić information content (AvgIpc) is 2.47. The zero-order chi connectivity index (χ0) is 8.55. The number of nitrogens with zero attached hydrogens (tertiary/aromatic N) is 4. The highest BCUT2D eigenvalue weighted by Gasteiger charge is 2.06. The van der Waals surface area contributed by atoms with Gasteiger partial charge in [-0.05, 0) is 6.92 Å². The third kappa shape index (κ3) is 0.947. The van der Waals surface area contributed by atoms with Gasteiger partial charge in [0.25, 0.3) is 0 Å². The molecule has 0 radical (unpaired) electrons. The van der Waals surface area contributed by atoms with Crippen LogP contribution in [0.1, 0.15) is 13.2 Å². The lowest BCUT2D eigenvalue weighted by molar-refractivity contribution is 0.115. The van der Waals surface area contributed by atoms with Gasteiger partial charge in [-0.2, -0.15) is 5.10 Å². The van der Waals surface area contributed by atoms with E-state index in [4.69, 9.17) is 0 Å². The van der Waals surface area contributed by atoms with Crippen molar-refractivity contribution in [3.63, 3.8) is 0 Å². The van der Waals surface area contributed by atoms with Gasteiger partial charge >= 0.3 is 0 Å². The Morgan fingerprint density at radius 2 is 2.17 bits per heavy atom. The van der Waals surface area contributed by atoms with Crippen molar-refractivity contribution in [2.45, 2.75) is 13.2 Å². The van der Waals surface area contributed by atoms with E-state index < -0.39 is 6.23 Å². The van der Waals surface area contributed by atoms with E-state index >= 15 is 0 Å². The Morgan fingerprint density at radius 3 is 2.92 bits per heavy atom. The van der Waals surface area contributed by atoms with E-state index in [1.807, 2.05) is 0 Å². The summed E-state index contributed by atoms with van der Waals surface area (Å²) in [7, 11) is 0. The van der Waals surface area contributed by atoms with Gasteiger partial charge < -0.3 is 5.11 Å². The van der Waals surface area contributed by atoms with Crippen molar-refractivity contribution >= 4 is 11.2 Å². The molecule has 0 spiro atoms. The normalized spacial score (nSPS) is 13.5.